The van der Waals surface area contributed by atoms with Gasteiger partial charge in [-0.05, 0) is 36.6 Å². The average Bonchev–Trinajstić information content (AvgIpc) is 2.89. The van der Waals surface area contributed by atoms with Crippen molar-refractivity contribution in [3.05, 3.63) is 64.7 Å². The van der Waals surface area contributed by atoms with Crippen LogP contribution in [0.1, 0.15) is 23.6 Å². The molecule has 0 aliphatic carbocycles. The predicted molar refractivity (Wildman–Crippen MR) is 80.5 cm³/mol. The SMILES string of the molecule is Cc1ccccc1N1NCCC1c1ccccc1Cl. The molecule has 1 N–H and O–H groups in total. The lowest BCUT2D eigenvalue weighted by molar-refractivity contribution is 0.682. The Morgan fingerprint density at radius 1 is 1.11 bits per heavy atom. The molecule has 0 bridgehead atoms. The summed E-state index contributed by atoms with van der Waals surface area (Å²) in [4.78, 5) is 0. The zero-order valence-electron chi connectivity index (χ0n) is 10.9. The number of hydrazine groups is 1. The third-order valence-corrected chi connectivity index (χ3v) is 4.00. The summed E-state index contributed by atoms with van der Waals surface area (Å²) in [7, 11) is 0. The van der Waals surface area contributed by atoms with Gasteiger partial charge in [-0.25, -0.2) is 5.43 Å². The topological polar surface area (TPSA) is 15.3 Å². The molecule has 2 aromatic rings. The van der Waals surface area contributed by atoms with Gasteiger partial charge in [0.25, 0.3) is 0 Å². The minimum absolute atomic E-state index is 0.301. The third kappa shape index (κ3) is 2.34. The molecule has 0 aromatic heterocycles. The van der Waals surface area contributed by atoms with Crippen molar-refractivity contribution in [2.45, 2.75) is 19.4 Å². The number of aryl methyl sites for hydroxylation is 1. The second-order valence-corrected chi connectivity index (χ2v) is 5.30. The Morgan fingerprint density at radius 2 is 1.84 bits per heavy atom. The lowest BCUT2D eigenvalue weighted by atomic mass is 10.0. The Labute approximate surface area is 119 Å². The Hall–Kier alpha value is -1.51. The highest BCUT2D eigenvalue weighted by Gasteiger charge is 2.28. The van der Waals surface area contributed by atoms with Gasteiger partial charge in [0.2, 0.25) is 0 Å². The molecule has 0 spiro atoms. The fraction of sp³-hybridized carbons (Fsp3) is 0.250. The van der Waals surface area contributed by atoms with Gasteiger partial charge in [0.1, 0.15) is 0 Å². The molecule has 2 aromatic carbocycles. The van der Waals surface area contributed by atoms with E-state index >= 15 is 0 Å². The predicted octanol–water partition coefficient (Wildman–Crippen LogP) is 4.10. The number of rotatable bonds is 2. The van der Waals surface area contributed by atoms with E-state index in [1.165, 1.54) is 16.8 Å². The smallest absolute Gasteiger partial charge is 0.0731 e. The van der Waals surface area contributed by atoms with Crippen molar-refractivity contribution in [3.8, 4) is 0 Å². The molecule has 1 aliphatic heterocycles. The first-order chi connectivity index (χ1) is 9.27. The van der Waals surface area contributed by atoms with Gasteiger partial charge in [0, 0.05) is 11.6 Å². The van der Waals surface area contributed by atoms with Gasteiger partial charge in [0.15, 0.2) is 0 Å². The summed E-state index contributed by atoms with van der Waals surface area (Å²) in [6, 6.07) is 16.8. The fourth-order valence-corrected chi connectivity index (χ4v) is 2.95. The number of nitrogens with one attached hydrogen (secondary N) is 1. The molecule has 0 radical (unpaired) electrons. The van der Waals surface area contributed by atoms with Gasteiger partial charge in [0.05, 0.1) is 11.7 Å². The van der Waals surface area contributed by atoms with Crippen LogP contribution < -0.4 is 10.4 Å². The Balaban J connectivity index is 1.99. The highest BCUT2D eigenvalue weighted by atomic mass is 35.5. The minimum Gasteiger partial charge on any atom is -0.301 e. The van der Waals surface area contributed by atoms with Gasteiger partial charge in [-0.2, -0.15) is 0 Å². The van der Waals surface area contributed by atoms with E-state index in [2.05, 4.69) is 53.8 Å². The van der Waals surface area contributed by atoms with Crippen molar-refractivity contribution in [1.29, 1.82) is 0 Å². The first kappa shape index (κ1) is 12.5. The van der Waals surface area contributed by atoms with E-state index in [1.807, 2.05) is 12.1 Å². The number of anilines is 1. The number of nitrogens with zero attached hydrogens (tertiary/aromatic N) is 1. The van der Waals surface area contributed by atoms with Crippen molar-refractivity contribution in [2.75, 3.05) is 11.6 Å². The summed E-state index contributed by atoms with van der Waals surface area (Å²) < 4.78 is 0. The second-order valence-electron chi connectivity index (χ2n) is 4.89. The van der Waals surface area contributed by atoms with Crippen molar-refractivity contribution in [1.82, 2.24) is 5.43 Å². The van der Waals surface area contributed by atoms with Crippen LogP contribution in [0.3, 0.4) is 0 Å². The van der Waals surface area contributed by atoms with E-state index in [0.29, 0.717) is 6.04 Å². The van der Waals surface area contributed by atoms with Gasteiger partial charge in [-0.1, -0.05) is 48.0 Å². The molecule has 1 unspecified atom stereocenters. The molecular formula is C16H17ClN2. The molecule has 0 saturated carbocycles. The molecule has 2 nitrogen and oxygen atoms in total. The molecule has 98 valence electrons. The van der Waals surface area contributed by atoms with Crippen molar-refractivity contribution < 1.29 is 0 Å². The van der Waals surface area contributed by atoms with Crippen molar-refractivity contribution >= 4 is 17.3 Å². The molecule has 0 amide bonds. The normalized spacial score (nSPS) is 18.8. The van der Waals surface area contributed by atoms with Crippen LogP contribution in [0.25, 0.3) is 0 Å². The van der Waals surface area contributed by atoms with E-state index in [1.54, 1.807) is 0 Å². The molecule has 19 heavy (non-hydrogen) atoms. The first-order valence-corrected chi connectivity index (χ1v) is 6.98. The van der Waals surface area contributed by atoms with Gasteiger partial charge >= 0.3 is 0 Å². The zero-order valence-corrected chi connectivity index (χ0v) is 11.7. The minimum atomic E-state index is 0.301. The van der Waals surface area contributed by atoms with E-state index in [9.17, 15) is 0 Å². The Kier molecular flexibility index (Phi) is 3.45. The van der Waals surface area contributed by atoms with E-state index in [0.717, 1.165) is 18.0 Å². The lowest BCUT2D eigenvalue weighted by Gasteiger charge is -2.28. The molecule has 1 heterocycles. The van der Waals surface area contributed by atoms with Crippen LogP contribution in [0.2, 0.25) is 5.02 Å². The van der Waals surface area contributed by atoms with E-state index in [4.69, 9.17) is 11.6 Å². The molecule has 1 saturated heterocycles. The Bertz CT molecular complexity index is 531. The van der Waals surface area contributed by atoms with Crippen LogP contribution >= 0.6 is 11.6 Å². The lowest BCUT2D eigenvalue weighted by Crippen LogP contribution is -2.33. The third-order valence-electron chi connectivity index (χ3n) is 3.65. The molecule has 3 heteroatoms. The molecule has 1 atom stereocenters. The number of hydrogen-bond donors (Lipinski definition) is 1. The van der Waals surface area contributed by atoms with Gasteiger partial charge in [-0.3, -0.25) is 0 Å². The number of hydrogen-bond acceptors (Lipinski definition) is 2. The van der Waals surface area contributed by atoms with Crippen LogP contribution in [0.15, 0.2) is 48.5 Å². The molecule has 1 aliphatic rings. The largest absolute Gasteiger partial charge is 0.301 e. The quantitative estimate of drug-likeness (QED) is 0.885. The fourth-order valence-electron chi connectivity index (χ4n) is 2.69. The van der Waals surface area contributed by atoms with E-state index in [-0.39, 0.29) is 0 Å². The molecular weight excluding hydrogens is 256 g/mol. The van der Waals surface area contributed by atoms with Crippen LogP contribution in [-0.2, 0) is 0 Å². The molecule has 1 fully saturated rings. The Morgan fingerprint density at radius 3 is 2.63 bits per heavy atom. The molecule has 3 rings (SSSR count). The summed E-state index contributed by atoms with van der Waals surface area (Å²) in [5, 5.41) is 3.09. The first-order valence-electron chi connectivity index (χ1n) is 6.60. The summed E-state index contributed by atoms with van der Waals surface area (Å²) in [5.74, 6) is 0. The van der Waals surface area contributed by atoms with Gasteiger partial charge in [-0.15, -0.1) is 0 Å². The average molecular weight is 273 g/mol. The van der Waals surface area contributed by atoms with Crippen LogP contribution in [0, 0.1) is 6.92 Å². The van der Waals surface area contributed by atoms with Crippen LogP contribution in [0.4, 0.5) is 5.69 Å². The number of benzene rings is 2. The monoisotopic (exact) mass is 272 g/mol. The summed E-state index contributed by atoms with van der Waals surface area (Å²) in [5.41, 5.74) is 7.16. The zero-order chi connectivity index (χ0) is 13.2. The van der Waals surface area contributed by atoms with E-state index < -0.39 is 0 Å². The summed E-state index contributed by atoms with van der Waals surface area (Å²) in [6.45, 7) is 3.11. The van der Waals surface area contributed by atoms with Crippen molar-refractivity contribution in [3.63, 3.8) is 0 Å². The maximum atomic E-state index is 6.34. The van der Waals surface area contributed by atoms with Crippen LogP contribution in [0.5, 0.6) is 0 Å². The van der Waals surface area contributed by atoms with Crippen LogP contribution in [-0.4, -0.2) is 6.54 Å². The standard InChI is InChI=1S/C16H17ClN2/c1-12-6-2-5-9-15(12)19-16(10-11-18-19)13-7-3-4-8-14(13)17/h2-9,16,18H,10-11H2,1H3. The summed E-state index contributed by atoms with van der Waals surface area (Å²) in [6.07, 6.45) is 1.07. The highest BCUT2D eigenvalue weighted by Crippen LogP contribution is 2.36. The van der Waals surface area contributed by atoms with Gasteiger partial charge < -0.3 is 5.01 Å². The maximum Gasteiger partial charge on any atom is 0.0731 e. The second kappa shape index (κ2) is 5.24. The number of halogens is 1. The highest BCUT2D eigenvalue weighted by molar-refractivity contribution is 6.31. The number of para-hydroxylation sites is 1. The summed E-state index contributed by atoms with van der Waals surface area (Å²) >= 11 is 6.34. The maximum absolute atomic E-state index is 6.34. The van der Waals surface area contributed by atoms with Crippen molar-refractivity contribution in [2.24, 2.45) is 0 Å².